The van der Waals surface area contributed by atoms with E-state index in [4.69, 9.17) is 6.42 Å². The molecule has 0 amide bonds. The Hall–Kier alpha value is -0.940. The summed E-state index contributed by atoms with van der Waals surface area (Å²) in [6.45, 7) is 4.01. The lowest BCUT2D eigenvalue weighted by molar-refractivity contribution is 1.03. The second kappa shape index (κ2) is 4.34. The van der Waals surface area contributed by atoms with Gasteiger partial charge in [0.15, 0.2) is 0 Å². The van der Waals surface area contributed by atoms with Crippen LogP contribution in [0.3, 0.4) is 0 Å². The fourth-order valence-electron chi connectivity index (χ4n) is 1.11. The Morgan fingerprint density at radius 2 is 2.15 bits per heavy atom. The monoisotopic (exact) mass is 237 g/mol. The van der Waals surface area contributed by atoms with E-state index in [-0.39, 0.29) is 6.04 Å². The summed E-state index contributed by atoms with van der Waals surface area (Å²) in [5.41, 5.74) is 2.26. The number of terminal acetylenes is 1. The third-order valence-electron chi connectivity index (χ3n) is 1.68. The highest BCUT2D eigenvalue weighted by Gasteiger charge is 1.98. The number of anilines is 1. The predicted octanol–water partition coefficient (Wildman–Crippen LogP) is 3.19. The summed E-state index contributed by atoms with van der Waals surface area (Å²) < 4.78 is 1.07. The third kappa shape index (κ3) is 3.12. The van der Waals surface area contributed by atoms with Crippen LogP contribution in [0.15, 0.2) is 22.7 Å². The van der Waals surface area contributed by atoms with E-state index in [1.165, 1.54) is 5.56 Å². The maximum atomic E-state index is 5.27. The number of rotatable bonds is 2. The molecule has 1 aromatic rings. The van der Waals surface area contributed by atoms with Gasteiger partial charge in [0.1, 0.15) is 0 Å². The smallest absolute Gasteiger partial charge is 0.0845 e. The van der Waals surface area contributed by atoms with Crippen molar-refractivity contribution < 1.29 is 0 Å². The number of halogens is 1. The molecule has 0 fully saturated rings. The number of hydrogen-bond donors (Lipinski definition) is 1. The van der Waals surface area contributed by atoms with Gasteiger partial charge in [-0.15, -0.1) is 6.42 Å². The number of nitrogens with one attached hydrogen (secondary N) is 1. The van der Waals surface area contributed by atoms with Gasteiger partial charge in [-0.05, 0) is 37.6 Å². The molecule has 0 aliphatic rings. The zero-order chi connectivity index (χ0) is 9.84. The summed E-state index contributed by atoms with van der Waals surface area (Å²) in [6, 6.07) is 6.21. The fraction of sp³-hybridized carbons (Fsp3) is 0.273. The molecule has 0 saturated carbocycles. The topological polar surface area (TPSA) is 12.0 Å². The Kier molecular flexibility index (Phi) is 3.39. The summed E-state index contributed by atoms with van der Waals surface area (Å²) in [4.78, 5) is 0. The molecule has 0 radical (unpaired) electrons. The highest BCUT2D eigenvalue weighted by Crippen LogP contribution is 2.19. The molecule has 1 rings (SSSR count). The van der Waals surface area contributed by atoms with Gasteiger partial charge in [0.2, 0.25) is 0 Å². The number of hydrogen-bond acceptors (Lipinski definition) is 1. The molecule has 0 aliphatic heterocycles. The van der Waals surface area contributed by atoms with Crippen LogP contribution in [-0.2, 0) is 0 Å². The maximum Gasteiger partial charge on any atom is 0.0845 e. The van der Waals surface area contributed by atoms with Gasteiger partial charge in [-0.2, -0.15) is 0 Å². The van der Waals surface area contributed by atoms with Crippen molar-refractivity contribution in [1.82, 2.24) is 0 Å². The van der Waals surface area contributed by atoms with E-state index in [9.17, 15) is 0 Å². The summed E-state index contributed by atoms with van der Waals surface area (Å²) in [7, 11) is 0. The summed E-state index contributed by atoms with van der Waals surface area (Å²) >= 11 is 3.43. The van der Waals surface area contributed by atoms with Gasteiger partial charge in [-0.25, -0.2) is 0 Å². The second-order valence-corrected chi connectivity index (χ2v) is 3.97. The average Bonchev–Trinajstić information content (AvgIpc) is 2.02. The van der Waals surface area contributed by atoms with Crippen LogP contribution in [0.2, 0.25) is 0 Å². The zero-order valence-corrected chi connectivity index (χ0v) is 9.35. The third-order valence-corrected chi connectivity index (χ3v) is 2.13. The lowest BCUT2D eigenvalue weighted by atomic mass is 10.2. The van der Waals surface area contributed by atoms with Gasteiger partial charge < -0.3 is 5.32 Å². The molecule has 0 aliphatic carbocycles. The van der Waals surface area contributed by atoms with Gasteiger partial charge in [0.25, 0.3) is 0 Å². The minimum absolute atomic E-state index is 0.0636. The Balaban J connectivity index is 2.84. The van der Waals surface area contributed by atoms with E-state index in [0.29, 0.717) is 0 Å². The molecule has 0 bridgehead atoms. The van der Waals surface area contributed by atoms with Crippen LogP contribution in [0.4, 0.5) is 5.69 Å². The van der Waals surface area contributed by atoms with Gasteiger partial charge in [0.05, 0.1) is 6.04 Å². The van der Waals surface area contributed by atoms with Crippen molar-refractivity contribution in [3.63, 3.8) is 0 Å². The molecule has 0 heterocycles. The van der Waals surface area contributed by atoms with Crippen molar-refractivity contribution >= 4 is 21.6 Å². The van der Waals surface area contributed by atoms with Gasteiger partial charge in [0, 0.05) is 10.2 Å². The van der Waals surface area contributed by atoms with Crippen molar-refractivity contribution in [3.05, 3.63) is 28.2 Å². The lowest BCUT2D eigenvalue weighted by Crippen LogP contribution is -2.11. The molecule has 13 heavy (non-hydrogen) atoms. The molecule has 1 atom stereocenters. The van der Waals surface area contributed by atoms with Crippen LogP contribution in [0.5, 0.6) is 0 Å². The van der Waals surface area contributed by atoms with E-state index in [1.54, 1.807) is 0 Å². The molecule has 1 aromatic carbocycles. The van der Waals surface area contributed by atoms with Crippen LogP contribution in [0, 0.1) is 19.3 Å². The van der Waals surface area contributed by atoms with Crippen LogP contribution < -0.4 is 5.32 Å². The molecule has 1 N–H and O–H groups in total. The fourth-order valence-corrected chi connectivity index (χ4v) is 1.72. The zero-order valence-electron chi connectivity index (χ0n) is 7.76. The van der Waals surface area contributed by atoms with Crippen LogP contribution in [0.25, 0.3) is 0 Å². The van der Waals surface area contributed by atoms with Gasteiger partial charge in [-0.3, -0.25) is 0 Å². The van der Waals surface area contributed by atoms with Crippen molar-refractivity contribution in [1.29, 1.82) is 0 Å². The molecule has 0 spiro atoms. The van der Waals surface area contributed by atoms with Crippen molar-refractivity contribution in [2.24, 2.45) is 0 Å². The van der Waals surface area contributed by atoms with Crippen molar-refractivity contribution in [2.45, 2.75) is 19.9 Å². The standard InChI is InChI=1S/C11H12BrN/c1-4-9(3)13-11-6-8(2)5-10(12)7-11/h1,5-7,9,13H,2-3H3. The summed E-state index contributed by atoms with van der Waals surface area (Å²) in [5, 5.41) is 3.21. The maximum absolute atomic E-state index is 5.27. The second-order valence-electron chi connectivity index (χ2n) is 3.05. The van der Waals surface area contributed by atoms with Crippen molar-refractivity contribution in [3.8, 4) is 12.3 Å². The van der Waals surface area contributed by atoms with Crippen LogP contribution in [0.1, 0.15) is 12.5 Å². The Labute approximate surface area is 87.7 Å². The van der Waals surface area contributed by atoms with E-state index >= 15 is 0 Å². The normalized spacial score (nSPS) is 11.8. The minimum atomic E-state index is 0.0636. The van der Waals surface area contributed by atoms with Crippen molar-refractivity contribution in [2.75, 3.05) is 5.32 Å². The molecule has 1 unspecified atom stereocenters. The molecular formula is C11H12BrN. The van der Waals surface area contributed by atoms with Crippen LogP contribution >= 0.6 is 15.9 Å². The quantitative estimate of drug-likeness (QED) is 0.780. The van der Waals surface area contributed by atoms with E-state index in [0.717, 1.165) is 10.2 Å². The first-order valence-corrected chi connectivity index (χ1v) is 4.91. The molecule has 1 nitrogen and oxygen atoms in total. The Bertz CT molecular complexity index is 318. The van der Waals surface area contributed by atoms with E-state index in [2.05, 4.69) is 46.2 Å². The molecule has 0 saturated heterocycles. The first-order valence-electron chi connectivity index (χ1n) is 4.11. The van der Waals surface area contributed by atoms with Gasteiger partial charge >= 0.3 is 0 Å². The highest BCUT2D eigenvalue weighted by atomic mass is 79.9. The summed E-state index contributed by atoms with van der Waals surface area (Å²) in [5.74, 6) is 2.63. The van der Waals surface area contributed by atoms with E-state index in [1.807, 2.05) is 13.0 Å². The SMILES string of the molecule is C#CC(C)Nc1cc(C)cc(Br)c1. The van der Waals surface area contributed by atoms with E-state index < -0.39 is 0 Å². The summed E-state index contributed by atoms with van der Waals surface area (Å²) in [6.07, 6.45) is 5.27. The minimum Gasteiger partial charge on any atom is -0.372 e. The molecule has 68 valence electrons. The number of aryl methyl sites for hydroxylation is 1. The molecule has 2 heteroatoms. The van der Waals surface area contributed by atoms with Gasteiger partial charge in [-0.1, -0.05) is 21.9 Å². The Morgan fingerprint density at radius 3 is 2.69 bits per heavy atom. The largest absolute Gasteiger partial charge is 0.372 e. The highest BCUT2D eigenvalue weighted by molar-refractivity contribution is 9.10. The average molecular weight is 238 g/mol. The molecule has 0 aromatic heterocycles. The van der Waals surface area contributed by atoms with Crippen LogP contribution in [-0.4, -0.2) is 6.04 Å². The predicted molar refractivity (Wildman–Crippen MR) is 60.8 cm³/mol. The lowest BCUT2D eigenvalue weighted by Gasteiger charge is -2.10. The Morgan fingerprint density at radius 1 is 1.46 bits per heavy atom. The first kappa shape index (κ1) is 10.1. The first-order chi connectivity index (χ1) is 6.11. The number of benzene rings is 1. The molecular weight excluding hydrogens is 226 g/mol.